The maximum atomic E-state index is 11.4. The Kier molecular flexibility index (Phi) is 1.55. The SMILES string of the molecule is Cc1cc(=O)c2ccc(C=O)n2[nH]1. The number of rotatable bonds is 1. The van der Waals surface area contributed by atoms with Gasteiger partial charge in [0.1, 0.15) is 11.2 Å². The molecule has 66 valence electrons. The highest BCUT2D eigenvalue weighted by Gasteiger charge is 2.03. The Bertz CT molecular complexity index is 522. The molecule has 0 saturated heterocycles. The van der Waals surface area contributed by atoms with Crippen LogP contribution in [0.2, 0.25) is 0 Å². The zero-order chi connectivity index (χ0) is 9.42. The normalized spacial score (nSPS) is 10.5. The molecule has 2 rings (SSSR count). The first-order valence-electron chi connectivity index (χ1n) is 3.89. The van der Waals surface area contributed by atoms with E-state index in [-0.39, 0.29) is 5.43 Å². The molecule has 0 aliphatic rings. The van der Waals surface area contributed by atoms with Gasteiger partial charge < -0.3 is 0 Å². The Labute approximate surface area is 73.8 Å². The third kappa shape index (κ3) is 1.07. The number of nitrogens with one attached hydrogen (secondary N) is 1. The zero-order valence-corrected chi connectivity index (χ0v) is 7.07. The van der Waals surface area contributed by atoms with Crippen LogP contribution in [0.3, 0.4) is 0 Å². The number of H-pyrrole nitrogens is 1. The van der Waals surface area contributed by atoms with Crippen molar-refractivity contribution in [2.75, 3.05) is 0 Å². The monoisotopic (exact) mass is 176 g/mol. The fourth-order valence-corrected chi connectivity index (χ4v) is 1.34. The Morgan fingerprint density at radius 2 is 2.23 bits per heavy atom. The van der Waals surface area contributed by atoms with Crippen LogP contribution >= 0.6 is 0 Å². The van der Waals surface area contributed by atoms with E-state index in [0.717, 1.165) is 5.69 Å². The van der Waals surface area contributed by atoms with Crippen LogP contribution in [0.4, 0.5) is 0 Å². The van der Waals surface area contributed by atoms with Crippen LogP contribution < -0.4 is 5.43 Å². The fourth-order valence-electron chi connectivity index (χ4n) is 1.34. The Morgan fingerprint density at radius 1 is 1.46 bits per heavy atom. The summed E-state index contributed by atoms with van der Waals surface area (Å²) in [6.07, 6.45) is 0.711. The number of hydrogen-bond acceptors (Lipinski definition) is 2. The van der Waals surface area contributed by atoms with Gasteiger partial charge in [0.2, 0.25) is 5.43 Å². The van der Waals surface area contributed by atoms with Crippen LogP contribution in [0, 0.1) is 6.92 Å². The first kappa shape index (κ1) is 7.79. The van der Waals surface area contributed by atoms with Gasteiger partial charge in [0.15, 0.2) is 6.29 Å². The molecule has 0 aromatic carbocycles. The molecule has 2 aromatic rings. The van der Waals surface area contributed by atoms with E-state index >= 15 is 0 Å². The number of nitrogens with zero attached hydrogens (tertiary/aromatic N) is 1. The van der Waals surface area contributed by atoms with E-state index in [1.807, 2.05) is 0 Å². The van der Waals surface area contributed by atoms with Crippen molar-refractivity contribution >= 4 is 11.8 Å². The van der Waals surface area contributed by atoms with Crippen LogP contribution in [-0.4, -0.2) is 15.9 Å². The minimum Gasteiger partial charge on any atom is -0.298 e. The molecule has 1 N–H and O–H groups in total. The van der Waals surface area contributed by atoms with Crippen molar-refractivity contribution in [1.29, 1.82) is 0 Å². The second-order valence-electron chi connectivity index (χ2n) is 2.90. The van der Waals surface area contributed by atoms with Crippen molar-refractivity contribution in [1.82, 2.24) is 9.61 Å². The van der Waals surface area contributed by atoms with Crippen LogP contribution in [0.5, 0.6) is 0 Å². The average Bonchev–Trinajstić information content (AvgIpc) is 2.47. The van der Waals surface area contributed by atoms with Crippen molar-refractivity contribution in [3.63, 3.8) is 0 Å². The number of aromatic nitrogens is 2. The number of aryl methyl sites for hydroxylation is 1. The molecular weight excluding hydrogens is 168 g/mol. The van der Waals surface area contributed by atoms with Gasteiger partial charge in [0, 0.05) is 11.8 Å². The molecule has 0 atom stereocenters. The maximum Gasteiger partial charge on any atom is 0.205 e. The molecule has 0 aliphatic carbocycles. The third-order valence-corrected chi connectivity index (χ3v) is 1.92. The number of hydrogen-bond donors (Lipinski definition) is 1. The summed E-state index contributed by atoms with van der Waals surface area (Å²) in [7, 11) is 0. The van der Waals surface area contributed by atoms with E-state index < -0.39 is 0 Å². The van der Waals surface area contributed by atoms with E-state index in [0.29, 0.717) is 17.5 Å². The fraction of sp³-hybridized carbons (Fsp3) is 0.111. The Morgan fingerprint density at radius 3 is 2.92 bits per heavy atom. The predicted octanol–water partition coefficient (Wildman–Crippen LogP) is 0.749. The number of aldehydes is 1. The highest BCUT2D eigenvalue weighted by Crippen LogP contribution is 2.02. The first-order chi connectivity index (χ1) is 6.22. The van der Waals surface area contributed by atoms with E-state index in [1.54, 1.807) is 19.1 Å². The molecular formula is C9H8N2O2. The average molecular weight is 176 g/mol. The number of aromatic amines is 1. The third-order valence-electron chi connectivity index (χ3n) is 1.92. The molecule has 0 amide bonds. The predicted molar refractivity (Wildman–Crippen MR) is 48.1 cm³/mol. The van der Waals surface area contributed by atoms with Crippen molar-refractivity contribution in [3.05, 3.63) is 39.8 Å². The summed E-state index contributed by atoms with van der Waals surface area (Å²) < 4.78 is 1.49. The second-order valence-corrected chi connectivity index (χ2v) is 2.90. The first-order valence-corrected chi connectivity index (χ1v) is 3.89. The number of carbonyl (C=O) groups is 1. The Hall–Kier alpha value is -1.84. The lowest BCUT2D eigenvalue weighted by molar-refractivity contribution is 0.111. The van der Waals surface area contributed by atoms with Gasteiger partial charge in [-0.1, -0.05) is 0 Å². The molecule has 0 aliphatic heterocycles. The summed E-state index contributed by atoms with van der Waals surface area (Å²) in [5.41, 5.74) is 1.60. The molecule has 0 spiro atoms. The van der Waals surface area contributed by atoms with Crippen LogP contribution in [0.1, 0.15) is 16.2 Å². The highest BCUT2D eigenvalue weighted by molar-refractivity contribution is 5.75. The molecule has 13 heavy (non-hydrogen) atoms. The summed E-state index contributed by atoms with van der Waals surface area (Å²) in [4.78, 5) is 21.9. The summed E-state index contributed by atoms with van der Waals surface area (Å²) in [6, 6.07) is 4.74. The van der Waals surface area contributed by atoms with Gasteiger partial charge in [-0.05, 0) is 19.1 Å². The lowest BCUT2D eigenvalue weighted by atomic mass is 10.4. The summed E-state index contributed by atoms with van der Waals surface area (Å²) in [5, 5.41) is 2.92. The van der Waals surface area contributed by atoms with Crippen molar-refractivity contribution in [3.8, 4) is 0 Å². The summed E-state index contributed by atoms with van der Waals surface area (Å²) in [5.74, 6) is 0. The standard InChI is InChI=1S/C9H8N2O2/c1-6-4-9(13)8-3-2-7(5-12)11(8)10-6/h2-5,10H,1H3. The van der Waals surface area contributed by atoms with E-state index in [4.69, 9.17) is 0 Å². The zero-order valence-electron chi connectivity index (χ0n) is 7.07. The quantitative estimate of drug-likeness (QED) is 0.652. The highest BCUT2D eigenvalue weighted by atomic mass is 16.1. The molecule has 4 nitrogen and oxygen atoms in total. The molecule has 4 heteroatoms. The number of fused-ring (bicyclic) bond motifs is 1. The number of carbonyl (C=O) groups excluding carboxylic acids is 1. The van der Waals surface area contributed by atoms with Crippen LogP contribution in [0.25, 0.3) is 5.52 Å². The second kappa shape index (κ2) is 2.58. The van der Waals surface area contributed by atoms with Crippen molar-refractivity contribution in [2.45, 2.75) is 6.92 Å². The van der Waals surface area contributed by atoms with Crippen molar-refractivity contribution < 1.29 is 4.79 Å². The van der Waals surface area contributed by atoms with Crippen molar-refractivity contribution in [2.24, 2.45) is 0 Å². The smallest absolute Gasteiger partial charge is 0.205 e. The molecule has 0 fully saturated rings. The van der Waals surface area contributed by atoms with Gasteiger partial charge in [-0.15, -0.1) is 0 Å². The van der Waals surface area contributed by atoms with Gasteiger partial charge in [0.25, 0.3) is 0 Å². The van der Waals surface area contributed by atoms with Crippen LogP contribution in [-0.2, 0) is 0 Å². The summed E-state index contributed by atoms with van der Waals surface area (Å²) in [6.45, 7) is 1.77. The minimum absolute atomic E-state index is 0.0793. The minimum atomic E-state index is -0.0793. The van der Waals surface area contributed by atoms with Gasteiger partial charge in [-0.2, -0.15) is 0 Å². The van der Waals surface area contributed by atoms with Crippen LogP contribution in [0.15, 0.2) is 23.0 Å². The van der Waals surface area contributed by atoms with Gasteiger partial charge in [-0.3, -0.25) is 14.7 Å². The van der Waals surface area contributed by atoms with E-state index in [1.165, 1.54) is 10.6 Å². The van der Waals surface area contributed by atoms with Gasteiger partial charge in [0.05, 0.1) is 0 Å². The molecule has 2 aromatic heterocycles. The van der Waals surface area contributed by atoms with E-state index in [2.05, 4.69) is 5.10 Å². The largest absolute Gasteiger partial charge is 0.298 e. The topological polar surface area (TPSA) is 54.3 Å². The lowest BCUT2D eigenvalue weighted by Gasteiger charge is -1.98. The molecule has 0 bridgehead atoms. The lowest BCUT2D eigenvalue weighted by Crippen LogP contribution is -2.09. The summed E-state index contributed by atoms with van der Waals surface area (Å²) >= 11 is 0. The van der Waals surface area contributed by atoms with Gasteiger partial charge in [-0.25, -0.2) is 4.52 Å². The Balaban J connectivity index is 2.98. The molecule has 2 heterocycles. The van der Waals surface area contributed by atoms with E-state index in [9.17, 15) is 9.59 Å². The van der Waals surface area contributed by atoms with Gasteiger partial charge >= 0.3 is 0 Å². The molecule has 0 unspecified atom stereocenters. The molecule has 0 saturated carbocycles. The maximum absolute atomic E-state index is 11.4. The molecule has 0 radical (unpaired) electrons.